The number of aromatic amines is 2. The summed E-state index contributed by atoms with van der Waals surface area (Å²) in [5, 5.41) is 11.2. The van der Waals surface area contributed by atoms with Crippen molar-refractivity contribution < 1.29 is 9.53 Å². The molecule has 6 heteroatoms. The number of carbonyl (C=O) groups excluding carboxylic acids is 1. The van der Waals surface area contributed by atoms with Gasteiger partial charge < -0.3 is 15.0 Å². The number of hydrogen-bond donors (Lipinski definition) is 3. The topological polar surface area (TPSA) is 82.8 Å². The Morgan fingerprint density at radius 2 is 2.32 bits per heavy atom. The highest BCUT2D eigenvalue weighted by Gasteiger charge is 2.19. The first kappa shape index (κ1) is 15.5. The van der Waals surface area contributed by atoms with Gasteiger partial charge in [0.25, 0.3) is 5.91 Å². The molecular weight excluding hydrogens is 316 g/mol. The molecule has 25 heavy (non-hydrogen) atoms. The zero-order chi connectivity index (χ0) is 17.2. The van der Waals surface area contributed by atoms with Crippen LogP contribution in [0.15, 0.2) is 36.9 Å². The van der Waals surface area contributed by atoms with E-state index < -0.39 is 0 Å². The van der Waals surface area contributed by atoms with Crippen molar-refractivity contribution in [1.82, 2.24) is 20.5 Å². The van der Waals surface area contributed by atoms with Crippen LogP contribution in [0.4, 0.5) is 0 Å². The number of nitrogens with zero attached hydrogens (tertiary/aromatic N) is 1. The zero-order valence-electron chi connectivity index (χ0n) is 13.9. The van der Waals surface area contributed by atoms with E-state index in [4.69, 9.17) is 4.74 Å². The second-order valence-corrected chi connectivity index (χ2v) is 6.16. The fourth-order valence-corrected chi connectivity index (χ4v) is 3.32. The molecule has 128 valence electrons. The van der Waals surface area contributed by atoms with Gasteiger partial charge in [-0.2, -0.15) is 5.10 Å². The van der Waals surface area contributed by atoms with Crippen molar-refractivity contribution in [3.8, 4) is 5.75 Å². The minimum absolute atomic E-state index is 0.152. The second-order valence-electron chi connectivity index (χ2n) is 6.16. The molecule has 1 aromatic carbocycles. The first-order chi connectivity index (χ1) is 12.3. The molecule has 1 aliphatic rings. The number of benzene rings is 1. The van der Waals surface area contributed by atoms with Crippen molar-refractivity contribution in [3.05, 3.63) is 59.6 Å². The number of hydrogen-bond acceptors (Lipinski definition) is 3. The molecule has 0 bridgehead atoms. The highest BCUT2D eigenvalue weighted by molar-refractivity contribution is 5.99. The molecule has 0 aliphatic heterocycles. The smallest absolute Gasteiger partial charge is 0.268 e. The number of carbonyl (C=O) groups is 1. The van der Waals surface area contributed by atoms with Gasteiger partial charge in [-0.05, 0) is 43.0 Å². The molecule has 3 N–H and O–H groups in total. The number of aryl methyl sites for hydroxylation is 1. The van der Waals surface area contributed by atoms with E-state index in [1.165, 1.54) is 11.3 Å². The molecule has 0 radical (unpaired) electrons. The van der Waals surface area contributed by atoms with Gasteiger partial charge in [0.15, 0.2) is 0 Å². The van der Waals surface area contributed by atoms with Crippen LogP contribution in [-0.4, -0.2) is 27.7 Å². The van der Waals surface area contributed by atoms with Crippen molar-refractivity contribution in [2.24, 2.45) is 0 Å². The summed E-state index contributed by atoms with van der Waals surface area (Å²) < 4.78 is 5.65. The number of fused-ring (bicyclic) bond motifs is 2. The number of amides is 1. The van der Waals surface area contributed by atoms with Gasteiger partial charge in [-0.3, -0.25) is 9.89 Å². The molecule has 0 atom stereocenters. The molecule has 2 heterocycles. The SMILES string of the molecule is C=CCOc1cccc2[nH]c(C(=O)NCc3n[nH]c4c3CCC4)cc12. The van der Waals surface area contributed by atoms with Crippen LogP contribution in [0.1, 0.15) is 33.9 Å². The van der Waals surface area contributed by atoms with E-state index in [9.17, 15) is 4.79 Å². The highest BCUT2D eigenvalue weighted by Crippen LogP contribution is 2.27. The largest absolute Gasteiger partial charge is 0.489 e. The average Bonchev–Trinajstić information content (AvgIpc) is 3.32. The lowest BCUT2D eigenvalue weighted by Gasteiger charge is -2.03. The summed E-state index contributed by atoms with van der Waals surface area (Å²) in [7, 11) is 0. The maximum absolute atomic E-state index is 12.5. The standard InChI is InChI=1S/C19H20N4O2/c1-2-9-25-18-8-4-6-14-13(18)10-16(21-14)19(24)20-11-17-12-5-3-7-15(12)22-23-17/h2,4,6,8,10,21H,1,3,5,7,9,11H2,(H,20,24)(H,22,23). The number of H-pyrrole nitrogens is 2. The lowest BCUT2D eigenvalue weighted by atomic mass is 10.2. The molecule has 0 unspecified atom stereocenters. The minimum atomic E-state index is -0.152. The van der Waals surface area contributed by atoms with Gasteiger partial charge in [-0.25, -0.2) is 0 Å². The second kappa shape index (κ2) is 6.47. The Bertz CT molecular complexity index is 938. The van der Waals surface area contributed by atoms with E-state index in [1.807, 2.05) is 24.3 Å². The van der Waals surface area contributed by atoms with Crippen LogP contribution in [0.2, 0.25) is 0 Å². The van der Waals surface area contributed by atoms with Crippen LogP contribution in [0.3, 0.4) is 0 Å². The quantitative estimate of drug-likeness (QED) is 0.605. The highest BCUT2D eigenvalue weighted by atomic mass is 16.5. The van der Waals surface area contributed by atoms with Crippen LogP contribution in [0, 0.1) is 0 Å². The molecule has 1 aliphatic carbocycles. The maximum Gasteiger partial charge on any atom is 0.268 e. The molecule has 6 nitrogen and oxygen atoms in total. The van der Waals surface area contributed by atoms with Crippen molar-refractivity contribution in [2.45, 2.75) is 25.8 Å². The van der Waals surface area contributed by atoms with Gasteiger partial charge in [0.1, 0.15) is 18.1 Å². The molecular formula is C19H20N4O2. The van der Waals surface area contributed by atoms with Crippen molar-refractivity contribution >= 4 is 16.8 Å². The number of ether oxygens (including phenoxy) is 1. The predicted molar refractivity (Wildman–Crippen MR) is 95.8 cm³/mol. The lowest BCUT2D eigenvalue weighted by molar-refractivity contribution is 0.0946. The zero-order valence-corrected chi connectivity index (χ0v) is 13.9. The Morgan fingerprint density at radius 3 is 3.20 bits per heavy atom. The van der Waals surface area contributed by atoms with Gasteiger partial charge >= 0.3 is 0 Å². The average molecular weight is 336 g/mol. The lowest BCUT2D eigenvalue weighted by Crippen LogP contribution is -2.23. The van der Waals surface area contributed by atoms with Gasteiger partial charge in [-0.15, -0.1) is 0 Å². The van der Waals surface area contributed by atoms with Gasteiger partial charge in [0.05, 0.1) is 12.2 Å². The summed E-state index contributed by atoms with van der Waals surface area (Å²) in [5.74, 6) is 0.582. The molecule has 0 saturated heterocycles. The van der Waals surface area contributed by atoms with E-state index in [2.05, 4.69) is 27.1 Å². The third kappa shape index (κ3) is 2.91. The fourth-order valence-electron chi connectivity index (χ4n) is 3.32. The van der Waals surface area contributed by atoms with E-state index in [-0.39, 0.29) is 5.91 Å². The molecule has 0 spiro atoms. The Labute approximate surface area is 145 Å². The molecule has 2 aromatic heterocycles. The fraction of sp³-hybridized carbons (Fsp3) is 0.263. The molecule has 4 rings (SSSR count). The van der Waals surface area contributed by atoms with E-state index in [0.717, 1.165) is 41.6 Å². The Hall–Kier alpha value is -3.02. The van der Waals surface area contributed by atoms with Gasteiger partial charge in [-0.1, -0.05) is 18.7 Å². The summed E-state index contributed by atoms with van der Waals surface area (Å²) in [4.78, 5) is 15.6. The number of aromatic nitrogens is 3. The van der Waals surface area contributed by atoms with E-state index >= 15 is 0 Å². The van der Waals surface area contributed by atoms with Gasteiger partial charge in [0, 0.05) is 16.6 Å². The Balaban J connectivity index is 1.50. The predicted octanol–water partition coefficient (Wildman–Crippen LogP) is 2.87. The van der Waals surface area contributed by atoms with Crippen molar-refractivity contribution in [2.75, 3.05) is 6.61 Å². The van der Waals surface area contributed by atoms with Crippen LogP contribution >= 0.6 is 0 Å². The van der Waals surface area contributed by atoms with Gasteiger partial charge in [0.2, 0.25) is 0 Å². The number of rotatable bonds is 6. The van der Waals surface area contributed by atoms with Crippen molar-refractivity contribution in [1.29, 1.82) is 0 Å². The van der Waals surface area contributed by atoms with E-state index in [1.54, 1.807) is 6.08 Å². The number of nitrogens with one attached hydrogen (secondary N) is 3. The maximum atomic E-state index is 12.5. The summed E-state index contributed by atoms with van der Waals surface area (Å²) >= 11 is 0. The molecule has 3 aromatic rings. The first-order valence-electron chi connectivity index (χ1n) is 8.45. The Morgan fingerprint density at radius 1 is 1.40 bits per heavy atom. The molecule has 0 fully saturated rings. The summed E-state index contributed by atoms with van der Waals surface area (Å²) in [6.45, 7) is 4.51. The monoisotopic (exact) mass is 336 g/mol. The normalized spacial score (nSPS) is 13.0. The third-order valence-corrected chi connectivity index (χ3v) is 4.53. The molecule has 0 saturated carbocycles. The van der Waals surface area contributed by atoms with Crippen molar-refractivity contribution in [3.63, 3.8) is 0 Å². The summed E-state index contributed by atoms with van der Waals surface area (Å²) in [5.41, 5.74) is 4.78. The van der Waals surface area contributed by atoms with Crippen LogP contribution < -0.4 is 10.1 Å². The molecule has 1 amide bonds. The van der Waals surface area contributed by atoms with Crippen LogP contribution in [0.5, 0.6) is 5.75 Å². The minimum Gasteiger partial charge on any atom is -0.489 e. The summed E-state index contributed by atoms with van der Waals surface area (Å²) in [6, 6.07) is 7.52. The first-order valence-corrected chi connectivity index (χ1v) is 8.45. The Kier molecular flexibility index (Phi) is 4.01. The van der Waals surface area contributed by atoms with Crippen LogP contribution in [-0.2, 0) is 19.4 Å². The van der Waals surface area contributed by atoms with E-state index in [0.29, 0.717) is 18.8 Å². The van der Waals surface area contributed by atoms with Crippen LogP contribution in [0.25, 0.3) is 10.9 Å². The third-order valence-electron chi connectivity index (χ3n) is 4.53. The summed E-state index contributed by atoms with van der Waals surface area (Å²) in [6.07, 6.45) is 4.93.